The third kappa shape index (κ3) is 1.17. The SMILES string of the molecule is O=C1CCC[C@H]2CC=CCN12. The Hall–Kier alpha value is -0.790. The van der Waals surface area contributed by atoms with E-state index >= 15 is 0 Å². The number of rotatable bonds is 0. The molecule has 11 heavy (non-hydrogen) atoms. The van der Waals surface area contributed by atoms with E-state index in [1.54, 1.807) is 0 Å². The monoisotopic (exact) mass is 151 g/mol. The zero-order valence-corrected chi connectivity index (χ0v) is 6.62. The van der Waals surface area contributed by atoms with Crippen molar-refractivity contribution in [2.45, 2.75) is 31.7 Å². The molecule has 60 valence electrons. The summed E-state index contributed by atoms with van der Waals surface area (Å²) in [5.41, 5.74) is 0. The molecule has 0 saturated carbocycles. The molecule has 0 aromatic carbocycles. The van der Waals surface area contributed by atoms with Crippen molar-refractivity contribution in [2.24, 2.45) is 0 Å². The number of amides is 1. The molecular weight excluding hydrogens is 138 g/mol. The van der Waals surface area contributed by atoms with E-state index in [-0.39, 0.29) is 0 Å². The zero-order chi connectivity index (χ0) is 7.68. The number of hydrogen-bond acceptors (Lipinski definition) is 1. The Morgan fingerprint density at radius 1 is 1.45 bits per heavy atom. The lowest BCUT2D eigenvalue weighted by molar-refractivity contribution is -0.135. The minimum absolute atomic E-state index is 0.352. The molecule has 1 amide bonds. The van der Waals surface area contributed by atoms with Crippen LogP contribution in [0.3, 0.4) is 0 Å². The third-order valence-corrected chi connectivity index (χ3v) is 2.57. The molecule has 2 heterocycles. The fraction of sp³-hybridized carbons (Fsp3) is 0.667. The Kier molecular flexibility index (Phi) is 1.68. The second kappa shape index (κ2) is 2.68. The topological polar surface area (TPSA) is 20.3 Å². The standard InChI is InChI=1S/C9H13NO/c11-9-6-3-5-8-4-1-2-7-10(8)9/h1-2,8H,3-7H2/t8-/m1/s1. The molecular formula is C9H13NO. The number of fused-ring (bicyclic) bond motifs is 1. The average Bonchev–Trinajstić information content (AvgIpc) is 2.06. The van der Waals surface area contributed by atoms with Crippen LogP contribution in [0.4, 0.5) is 0 Å². The number of nitrogens with zero attached hydrogens (tertiary/aromatic N) is 1. The summed E-state index contributed by atoms with van der Waals surface area (Å²) in [7, 11) is 0. The van der Waals surface area contributed by atoms with Crippen molar-refractivity contribution in [1.82, 2.24) is 4.90 Å². The Morgan fingerprint density at radius 3 is 3.18 bits per heavy atom. The van der Waals surface area contributed by atoms with Crippen molar-refractivity contribution >= 4 is 5.91 Å². The molecule has 2 heteroatoms. The van der Waals surface area contributed by atoms with Crippen molar-refractivity contribution in [3.05, 3.63) is 12.2 Å². The molecule has 2 aliphatic rings. The fourth-order valence-corrected chi connectivity index (χ4v) is 1.93. The van der Waals surface area contributed by atoms with Gasteiger partial charge in [-0.3, -0.25) is 4.79 Å². The summed E-state index contributed by atoms with van der Waals surface area (Å²) in [5, 5.41) is 0. The molecule has 0 aliphatic carbocycles. The largest absolute Gasteiger partial charge is 0.336 e. The van der Waals surface area contributed by atoms with Crippen LogP contribution in [0, 0.1) is 0 Å². The van der Waals surface area contributed by atoms with E-state index in [2.05, 4.69) is 12.2 Å². The maximum Gasteiger partial charge on any atom is 0.223 e. The minimum Gasteiger partial charge on any atom is -0.336 e. The first-order valence-electron chi connectivity index (χ1n) is 4.32. The van der Waals surface area contributed by atoms with Crippen LogP contribution in [-0.2, 0) is 4.79 Å². The first-order valence-corrected chi connectivity index (χ1v) is 4.32. The highest BCUT2D eigenvalue weighted by molar-refractivity contribution is 5.77. The molecule has 0 bridgehead atoms. The first kappa shape index (κ1) is 6.89. The van der Waals surface area contributed by atoms with E-state index in [1.807, 2.05) is 4.90 Å². The van der Waals surface area contributed by atoms with Gasteiger partial charge in [-0.25, -0.2) is 0 Å². The van der Waals surface area contributed by atoms with Gasteiger partial charge in [-0.1, -0.05) is 12.2 Å². The van der Waals surface area contributed by atoms with E-state index in [9.17, 15) is 4.79 Å². The van der Waals surface area contributed by atoms with Gasteiger partial charge in [-0.05, 0) is 19.3 Å². The summed E-state index contributed by atoms with van der Waals surface area (Å²) in [6, 6.07) is 0.529. The van der Waals surface area contributed by atoms with E-state index < -0.39 is 0 Å². The lowest BCUT2D eigenvalue weighted by atomic mass is 9.96. The Bertz CT molecular complexity index is 198. The van der Waals surface area contributed by atoms with Crippen molar-refractivity contribution in [1.29, 1.82) is 0 Å². The molecule has 0 unspecified atom stereocenters. The normalized spacial score (nSPS) is 30.4. The number of piperidine rings is 1. The molecule has 0 spiro atoms. The zero-order valence-electron chi connectivity index (χ0n) is 6.62. The minimum atomic E-state index is 0.352. The highest BCUT2D eigenvalue weighted by atomic mass is 16.2. The van der Waals surface area contributed by atoms with Crippen LogP contribution >= 0.6 is 0 Å². The number of carbonyl (C=O) groups is 1. The van der Waals surface area contributed by atoms with Gasteiger partial charge in [0.2, 0.25) is 5.91 Å². The molecule has 0 aromatic heterocycles. The van der Waals surface area contributed by atoms with Gasteiger partial charge in [0.25, 0.3) is 0 Å². The van der Waals surface area contributed by atoms with Crippen LogP contribution in [-0.4, -0.2) is 23.4 Å². The molecule has 1 fully saturated rings. The molecule has 0 radical (unpaired) electrons. The maximum absolute atomic E-state index is 11.3. The van der Waals surface area contributed by atoms with E-state index in [0.29, 0.717) is 11.9 Å². The number of hydrogen-bond donors (Lipinski definition) is 0. The second-order valence-corrected chi connectivity index (χ2v) is 3.30. The fourth-order valence-electron chi connectivity index (χ4n) is 1.93. The van der Waals surface area contributed by atoms with Gasteiger partial charge in [0.15, 0.2) is 0 Å². The predicted octanol–water partition coefficient (Wildman–Crippen LogP) is 1.33. The molecule has 2 nitrogen and oxygen atoms in total. The van der Waals surface area contributed by atoms with Gasteiger partial charge < -0.3 is 4.90 Å². The van der Waals surface area contributed by atoms with Gasteiger partial charge in [-0.2, -0.15) is 0 Å². The van der Waals surface area contributed by atoms with Crippen molar-refractivity contribution in [3.8, 4) is 0 Å². The Morgan fingerprint density at radius 2 is 2.36 bits per heavy atom. The summed E-state index contributed by atoms with van der Waals surface area (Å²) in [4.78, 5) is 13.3. The molecule has 1 saturated heterocycles. The van der Waals surface area contributed by atoms with Crippen molar-refractivity contribution in [3.63, 3.8) is 0 Å². The van der Waals surface area contributed by atoms with Crippen molar-refractivity contribution < 1.29 is 4.79 Å². The van der Waals surface area contributed by atoms with Crippen LogP contribution < -0.4 is 0 Å². The van der Waals surface area contributed by atoms with Crippen molar-refractivity contribution in [2.75, 3.05) is 6.54 Å². The average molecular weight is 151 g/mol. The quantitative estimate of drug-likeness (QED) is 0.478. The van der Waals surface area contributed by atoms with E-state index in [0.717, 1.165) is 25.8 Å². The highest BCUT2D eigenvalue weighted by Crippen LogP contribution is 2.23. The van der Waals surface area contributed by atoms with Crippen LogP contribution in [0.5, 0.6) is 0 Å². The lowest BCUT2D eigenvalue weighted by Gasteiger charge is -2.36. The molecule has 0 N–H and O–H groups in total. The van der Waals surface area contributed by atoms with E-state index in [4.69, 9.17) is 0 Å². The molecule has 2 rings (SSSR count). The summed E-state index contributed by atoms with van der Waals surface area (Å²) < 4.78 is 0. The third-order valence-electron chi connectivity index (χ3n) is 2.57. The maximum atomic E-state index is 11.3. The highest BCUT2D eigenvalue weighted by Gasteiger charge is 2.27. The van der Waals surface area contributed by atoms with Crippen LogP contribution in [0.1, 0.15) is 25.7 Å². The second-order valence-electron chi connectivity index (χ2n) is 3.30. The van der Waals surface area contributed by atoms with Crippen LogP contribution in [0.15, 0.2) is 12.2 Å². The Balaban J connectivity index is 2.13. The van der Waals surface area contributed by atoms with E-state index in [1.165, 1.54) is 6.42 Å². The summed E-state index contributed by atoms with van der Waals surface area (Å²) in [5.74, 6) is 0.352. The predicted molar refractivity (Wildman–Crippen MR) is 43.1 cm³/mol. The lowest BCUT2D eigenvalue weighted by Crippen LogP contribution is -2.44. The molecule has 0 aromatic rings. The summed E-state index contributed by atoms with van der Waals surface area (Å²) >= 11 is 0. The van der Waals surface area contributed by atoms with Gasteiger partial charge in [0, 0.05) is 19.0 Å². The smallest absolute Gasteiger partial charge is 0.223 e. The summed E-state index contributed by atoms with van der Waals surface area (Å²) in [6.07, 6.45) is 8.43. The molecule has 2 aliphatic heterocycles. The Labute approximate surface area is 66.9 Å². The number of carbonyl (C=O) groups excluding carboxylic acids is 1. The summed E-state index contributed by atoms with van der Waals surface area (Å²) in [6.45, 7) is 0.851. The van der Waals surface area contributed by atoms with Gasteiger partial charge in [0.1, 0.15) is 0 Å². The first-order chi connectivity index (χ1) is 5.38. The van der Waals surface area contributed by atoms with Gasteiger partial charge in [-0.15, -0.1) is 0 Å². The molecule has 1 atom stereocenters. The van der Waals surface area contributed by atoms with Gasteiger partial charge >= 0.3 is 0 Å². The van der Waals surface area contributed by atoms with Crippen LogP contribution in [0.25, 0.3) is 0 Å². The van der Waals surface area contributed by atoms with Gasteiger partial charge in [0.05, 0.1) is 0 Å². The van der Waals surface area contributed by atoms with Crippen LogP contribution in [0.2, 0.25) is 0 Å².